The highest BCUT2D eigenvalue weighted by molar-refractivity contribution is 7.18. The number of thiophene rings is 1. The fraction of sp³-hybridized carbons (Fsp3) is 0.250. The van der Waals surface area contributed by atoms with Gasteiger partial charge in [0, 0.05) is 17.5 Å². The number of benzene rings is 1. The van der Waals surface area contributed by atoms with Crippen LogP contribution in [0.5, 0.6) is 5.75 Å². The number of carbonyl (C=O) groups is 1. The van der Waals surface area contributed by atoms with E-state index in [-0.39, 0.29) is 6.03 Å². The summed E-state index contributed by atoms with van der Waals surface area (Å²) < 4.78 is 6.38. The normalized spacial score (nSPS) is 10.7. The molecule has 0 fully saturated rings. The van der Waals surface area contributed by atoms with E-state index >= 15 is 0 Å². The molecule has 120 valence electrons. The zero-order valence-corrected chi connectivity index (χ0v) is 14.5. The number of carbonyl (C=O) groups excluding carboxylic acids is 1. The van der Waals surface area contributed by atoms with Crippen LogP contribution in [0.25, 0.3) is 10.2 Å². The lowest BCUT2D eigenvalue weighted by Crippen LogP contribution is -2.30. The number of fused-ring (bicyclic) bond motifs is 1. The van der Waals surface area contributed by atoms with Crippen molar-refractivity contribution in [3.8, 4) is 5.75 Å². The number of nitrogens with one attached hydrogen (secondary N) is 2. The number of hydrogen-bond donors (Lipinski definition) is 2. The summed E-state index contributed by atoms with van der Waals surface area (Å²) in [5, 5.41) is 8.73. The van der Waals surface area contributed by atoms with Crippen molar-refractivity contribution in [2.45, 2.75) is 13.3 Å². The zero-order chi connectivity index (χ0) is 16.2. The van der Waals surface area contributed by atoms with Crippen LogP contribution in [0, 0.1) is 6.92 Å². The molecular weight excluding hydrogens is 330 g/mol. The summed E-state index contributed by atoms with van der Waals surface area (Å²) in [6.07, 6.45) is 0.829. The second-order valence-corrected chi connectivity index (χ2v) is 7.23. The van der Waals surface area contributed by atoms with Crippen molar-refractivity contribution >= 4 is 44.6 Å². The molecule has 0 aliphatic heterocycles. The van der Waals surface area contributed by atoms with Gasteiger partial charge in [-0.25, -0.2) is 9.78 Å². The largest absolute Gasteiger partial charge is 0.494 e. The molecule has 0 aliphatic rings. The molecule has 0 saturated carbocycles. The van der Waals surface area contributed by atoms with E-state index in [0.717, 1.165) is 21.6 Å². The minimum Gasteiger partial charge on any atom is -0.494 e. The fourth-order valence-corrected chi connectivity index (χ4v) is 3.81. The van der Waals surface area contributed by atoms with Crippen LogP contribution >= 0.6 is 22.7 Å². The van der Waals surface area contributed by atoms with Crippen molar-refractivity contribution in [1.29, 1.82) is 0 Å². The van der Waals surface area contributed by atoms with Gasteiger partial charge < -0.3 is 15.4 Å². The number of urea groups is 1. The van der Waals surface area contributed by atoms with E-state index in [0.29, 0.717) is 18.0 Å². The molecule has 2 heterocycles. The number of rotatable bonds is 5. The molecule has 2 aromatic heterocycles. The Balaban J connectivity index is 1.66. The van der Waals surface area contributed by atoms with Crippen LogP contribution in [0.2, 0.25) is 0 Å². The van der Waals surface area contributed by atoms with Gasteiger partial charge in [-0.3, -0.25) is 0 Å². The Morgan fingerprint density at radius 2 is 2.26 bits per heavy atom. The molecule has 2 N–H and O–H groups in total. The summed E-state index contributed by atoms with van der Waals surface area (Å²) in [5.41, 5.74) is 1.53. The number of thiazole rings is 1. The quantitative estimate of drug-likeness (QED) is 0.732. The third-order valence-electron chi connectivity index (χ3n) is 3.30. The first-order valence-electron chi connectivity index (χ1n) is 7.18. The lowest BCUT2D eigenvalue weighted by atomic mass is 10.2. The summed E-state index contributed by atoms with van der Waals surface area (Å²) >= 11 is 3.28. The first-order chi connectivity index (χ1) is 11.2. The zero-order valence-electron chi connectivity index (χ0n) is 12.9. The Bertz CT molecular complexity index is 812. The van der Waals surface area contributed by atoms with E-state index in [2.05, 4.69) is 21.7 Å². The molecule has 3 aromatic rings. The maximum Gasteiger partial charge on any atom is 0.319 e. The maximum atomic E-state index is 12.1. The topological polar surface area (TPSA) is 63.2 Å². The minimum absolute atomic E-state index is 0.236. The second kappa shape index (κ2) is 6.97. The lowest BCUT2D eigenvalue weighted by Gasteiger charge is -2.11. The molecule has 0 saturated heterocycles. The molecule has 2 amide bonds. The van der Waals surface area contributed by atoms with Crippen LogP contribution in [0.4, 0.5) is 10.5 Å². The van der Waals surface area contributed by atoms with E-state index in [1.54, 1.807) is 29.8 Å². The fourth-order valence-electron chi connectivity index (χ4n) is 2.26. The van der Waals surface area contributed by atoms with Crippen molar-refractivity contribution in [3.05, 3.63) is 39.5 Å². The van der Waals surface area contributed by atoms with Crippen molar-refractivity contribution in [2.24, 2.45) is 0 Å². The predicted octanol–water partition coefficient (Wildman–Crippen LogP) is 4.04. The Hall–Kier alpha value is -2.12. The number of ether oxygens (including phenoxy) is 1. The molecule has 0 bridgehead atoms. The van der Waals surface area contributed by atoms with Crippen LogP contribution < -0.4 is 15.4 Å². The molecule has 7 heteroatoms. The molecule has 23 heavy (non-hydrogen) atoms. The standard InChI is InChI=1S/C16H17N3O2S2/c1-10-18-13-8-14(21-2)12(9-15(13)23-10)19-16(20)17-6-5-11-4-3-7-22-11/h3-4,7-9H,5-6H2,1-2H3,(H2,17,19,20). The van der Waals surface area contributed by atoms with Crippen molar-refractivity contribution < 1.29 is 9.53 Å². The second-order valence-electron chi connectivity index (χ2n) is 4.96. The van der Waals surface area contributed by atoms with E-state index in [9.17, 15) is 4.79 Å². The number of anilines is 1. The van der Waals surface area contributed by atoms with Crippen LogP contribution in [-0.4, -0.2) is 24.7 Å². The SMILES string of the molecule is COc1cc2nc(C)sc2cc1NC(=O)NCCc1cccs1. The van der Waals surface area contributed by atoms with Gasteiger partial charge in [0.05, 0.1) is 28.0 Å². The minimum atomic E-state index is -0.236. The van der Waals surface area contributed by atoms with Gasteiger partial charge in [-0.15, -0.1) is 22.7 Å². The number of aromatic nitrogens is 1. The van der Waals surface area contributed by atoms with E-state index < -0.39 is 0 Å². The van der Waals surface area contributed by atoms with Crippen LogP contribution in [0.3, 0.4) is 0 Å². The van der Waals surface area contributed by atoms with E-state index in [1.807, 2.05) is 30.5 Å². The van der Waals surface area contributed by atoms with Gasteiger partial charge in [-0.2, -0.15) is 0 Å². The van der Waals surface area contributed by atoms with Crippen molar-refractivity contribution in [2.75, 3.05) is 19.0 Å². The number of methoxy groups -OCH3 is 1. The van der Waals surface area contributed by atoms with Gasteiger partial charge in [0.15, 0.2) is 0 Å². The molecule has 3 rings (SSSR count). The first kappa shape index (κ1) is 15.8. The van der Waals surface area contributed by atoms with Gasteiger partial charge in [0.1, 0.15) is 5.75 Å². The number of aryl methyl sites for hydroxylation is 1. The Morgan fingerprint density at radius 1 is 1.39 bits per heavy atom. The van der Waals surface area contributed by atoms with E-state index in [4.69, 9.17) is 4.74 Å². The van der Waals surface area contributed by atoms with Gasteiger partial charge in [0.25, 0.3) is 0 Å². The molecule has 0 spiro atoms. The highest BCUT2D eigenvalue weighted by Crippen LogP contribution is 2.32. The molecule has 5 nitrogen and oxygen atoms in total. The van der Waals surface area contributed by atoms with Crippen molar-refractivity contribution in [3.63, 3.8) is 0 Å². The summed E-state index contributed by atoms with van der Waals surface area (Å²) in [5.74, 6) is 0.608. The smallest absolute Gasteiger partial charge is 0.319 e. The summed E-state index contributed by atoms with van der Waals surface area (Å²) in [6.45, 7) is 2.55. The summed E-state index contributed by atoms with van der Waals surface area (Å²) in [4.78, 5) is 17.7. The Morgan fingerprint density at radius 3 is 3.00 bits per heavy atom. The Labute approximate surface area is 142 Å². The molecule has 0 radical (unpaired) electrons. The third-order valence-corrected chi connectivity index (χ3v) is 5.17. The van der Waals surface area contributed by atoms with Crippen LogP contribution in [-0.2, 0) is 6.42 Å². The van der Waals surface area contributed by atoms with Gasteiger partial charge in [0.2, 0.25) is 0 Å². The maximum absolute atomic E-state index is 12.1. The molecule has 0 aliphatic carbocycles. The summed E-state index contributed by atoms with van der Waals surface area (Å²) in [6, 6.07) is 7.59. The monoisotopic (exact) mass is 347 g/mol. The van der Waals surface area contributed by atoms with Crippen LogP contribution in [0.15, 0.2) is 29.6 Å². The lowest BCUT2D eigenvalue weighted by molar-refractivity contribution is 0.252. The van der Waals surface area contributed by atoms with Crippen molar-refractivity contribution in [1.82, 2.24) is 10.3 Å². The third kappa shape index (κ3) is 3.80. The Kier molecular flexibility index (Phi) is 4.78. The number of amides is 2. The molecule has 0 unspecified atom stereocenters. The average Bonchev–Trinajstić information content (AvgIpc) is 3.14. The van der Waals surface area contributed by atoms with Crippen LogP contribution in [0.1, 0.15) is 9.88 Å². The van der Waals surface area contributed by atoms with E-state index in [1.165, 1.54) is 4.88 Å². The van der Waals surface area contributed by atoms with Gasteiger partial charge in [-0.05, 0) is 30.9 Å². The highest BCUT2D eigenvalue weighted by atomic mass is 32.1. The highest BCUT2D eigenvalue weighted by Gasteiger charge is 2.11. The first-order valence-corrected chi connectivity index (χ1v) is 8.88. The number of nitrogens with zero attached hydrogens (tertiary/aromatic N) is 1. The number of hydrogen-bond acceptors (Lipinski definition) is 5. The van der Waals surface area contributed by atoms with Gasteiger partial charge in [-0.1, -0.05) is 6.07 Å². The molecule has 1 aromatic carbocycles. The van der Waals surface area contributed by atoms with Gasteiger partial charge >= 0.3 is 6.03 Å². The average molecular weight is 347 g/mol. The molecular formula is C16H17N3O2S2. The summed E-state index contributed by atoms with van der Waals surface area (Å²) in [7, 11) is 1.58. The predicted molar refractivity (Wildman–Crippen MR) is 96.0 cm³/mol. The molecule has 0 atom stereocenters.